The van der Waals surface area contributed by atoms with E-state index in [0.29, 0.717) is 12.0 Å². The van der Waals surface area contributed by atoms with Crippen LogP contribution in [0.4, 0.5) is 11.4 Å². The second kappa shape index (κ2) is 6.66. The number of nitrogens with one attached hydrogen (secondary N) is 1. The van der Waals surface area contributed by atoms with Crippen molar-refractivity contribution in [1.82, 2.24) is 0 Å². The summed E-state index contributed by atoms with van der Waals surface area (Å²) in [5.74, 6) is 1.40. The second-order valence-electron chi connectivity index (χ2n) is 5.20. The van der Waals surface area contributed by atoms with Crippen molar-refractivity contribution in [2.45, 2.75) is 32.7 Å². The molecule has 0 aliphatic carbocycles. The zero-order chi connectivity index (χ0) is 13.7. The van der Waals surface area contributed by atoms with Crippen LogP contribution in [0.2, 0.25) is 0 Å². The summed E-state index contributed by atoms with van der Waals surface area (Å²) in [6, 6.07) is 6.21. The molecular formula is C15H24N2O2. The van der Waals surface area contributed by atoms with Crippen LogP contribution in [0.3, 0.4) is 0 Å². The van der Waals surface area contributed by atoms with Gasteiger partial charge in [0.15, 0.2) is 0 Å². The number of hydrogen-bond donors (Lipinski definition) is 2. The van der Waals surface area contributed by atoms with Gasteiger partial charge in [0.1, 0.15) is 5.75 Å². The fourth-order valence-electron chi connectivity index (χ4n) is 2.34. The maximum absolute atomic E-state index is 5.92. The number of benzene rings is 1. The van der Waals surface area contributed by atoms with Crippen molar-refractivity contribution in [3.8, 4) is 5.75 Å². The number of nitrogen functional groups attached to an aromatic ring is 1. The van der Waals surface area contributed by atoms with Crippen molar-refractivity contribution in [2.24, 2.45) is 5.92 Å². The Morgan fingerprint density at radius 1 is 1.47 bits per heavy atom. The smallest absolute Gasteiger partial charge is 0.123 e. The van der Waals surface area contributed by atoms with Crippen LogP contribution in [0, 0.1) is 5.92 Å². The molecule has 0 bridgehead atoms. The Hall–Kier alpha value is -1.42. The Labute approximate surface area is 115 Å². The summed E-state index contributed by atoms with van der Waals surface area (Å²) in [6.07, 6.45) is 2.11. The molecule has 1 aliphatic heterocycles. The quantitative estimate of drug-likeness (QED) is 0.776. The van der Waals surface area contributed by atoms with Crippen LogP contribution >= 0.6 is 0 Å². The molecule has 1 saturated heterocycles. The van der Waals surface area contributed by atoms with E-state index in [-0.39, 0.29) is 0 Å². The summed E-state index contributed by atoms with van der Waals surface area (Å²) in [4.78, 5) is 0. The predicted molar refractivity (Wildman–Crippen MR) is 78.7 cm³/mol. The van der Waals surface area contributed by atoms with Gasteiger partial charge in [-0.15, -0.1) is 0 Å². The van der Waals surface area contributed by atoms with Crippen molar-refractivity contribution in [2.75, 3.05) is 30.9 Å². The highest BCUT2D eigenvalue weighted by atomic mass is 16.5. The third-order valence-electron chi connectivity index (χ3n) is 3.47. The van der Waals surface area contributed by atoms with Gasteiger partial charge in [-0.05, 0) is 25.8 Å². The van der Waals surface area contributed by atoms with Gasteiger partial charge in [0, 0.05) is 42.1 Å². The topological polar surface area (TPSA) is 56.5 Å². The first-order valence-corrected chi connectivity index (χ1v) is 7.06. The second-order valence-corrected chi connectivity index (χ2v) is 5.20. The summed E-state index contributed by atoms with van der Waals surface area (Å²) in [5, 5.41) is 3.50. The molecule has 19 heavy (non-hydrogen) atoms. The molecule has 2 atom stereocenters. The molecule has 0 amide bonds. The number of rotatable bonds is 6. The normalized spacial score (nSPS) is 20.2. The fourth-order valence-corrected chi connectivity index (χ4v) is 2.34. The molecule has 2 rings (SSSR count). The average Bonchev–Trinajstić information content (AvgIpc) is 2.89. The Kier molecular flexibility index (Phi) is 4.91. The third-order valence-corrected chi connectivity index (χ3v) is 3.47. The number of ether oxygens (including phenoxy) is 2. The number of nitrogens with two attached hydrogens (primary N) is 1. The molecule has 1 fully saturated rings. The highest BCUT2D eigenvalue weighted by Gasteiger charge is 2.22. The van der Waals surface area contributed by atoms with Crippen molar-refractivity contribution in [3.63, 3.8) is 0 Å². The lowest BCUT2D eigenvalue weighted by atomic mass is 10.0. The van der Waals surface area contributed by atoms with E-state index >= 15 is 0 Å². The first-order chi connectivity index (χ1) is 9.19. The maximum atomic E-state index is 5.92. The highest BCUT2D eigenvalue weighted by Crippen LogP contribution is 2.26. The lowest BCUT2D eigenvalue weighted by Crippen LogP contribution is -2.26. The molecular weight excluding hydrogens is 240 g/mol. The molecule has 1 heterocycles. The lowest BCUT2D eigenvalue weighted by Gasteiger charge is -2.21. The van der Waals surface area contributed by atoms with E-state index in [9.17, 15) is 0 Å². The summed E-state index contributed by atoms with van der Waals surface area (Å²) >= 11 is 0. The molecule has 0 radical (unpaired) electrons. The van der Waals surface area contributed by atoms with E-state index in [1.807, 2.05) is 18.2 Å². The van der Waals surface area contributed by atoms with Gasteiger partial charge in [-0.25, -0.2) is 0 Å². The van der Waals surface area contributed by atoms with E-state index in [4.69, 9.17) is 15.2 Å². The molecule has 0 aromatic heterocycles. The molecule has 3 N–H and O–H groups in total. The van der Waals surface area contributed by atoms with Crippen LogP contribution in [0.1, 0.15) is 26.7 Å². The summed E-state index contributed by atoms with van der Waals surface area (Å²) in [7, 11) is 0. The number of anilines is 2. The van der Waals surface area contributed by atoms with Gasteiger partial charge in [-0.2, -0.15) is 0 Å². The zero-order valence-corrected chi connectivity index (χ0v) is 11.8. The van der Waals surface area contributed by atoms with Crippen LogP contribution in [0.5, 0.6) is 5.75 Å². The van der Waals surface area contributed by atoms with E-state index in [1.165, 1.54) is 0 Å². The molecule has 1 aliphatic rings. The van der Waals surface area contributed by atoms with Gasteiger partial charge >= 0.3 is 0 Å². The SMILES string of the molecule is CCCOc1cc(N)cc(NC(C)C2CCOC2)c1. The van der Waals surface area contributed by atoms with Crippen LogP contribution in [0.15, 0.2) is 18.2 Å². The molecule has 4 nitrogen and oxygen atoms in total. The first kappa shape index (κ1) is 14.0. The number of hydrogen-bond acceptors (Lipinski definition) is 4. The van der Waals surface area contributed by atoms with Gasteiger partial charge in [0.2, 0.25) is 0 Å². The van der Waals surface area contributed by atoms with Crippen molar-refractivity contribution < 1.29 is 9.47 Å². The van der Waals surface area contributed by atoms with E-state index in [0.717, 1.165) is 49.8 Å². The molecule has 4 heteroatoms. The molecule has 2 unspecified atom stereocenters. The van der Waals surface area contributed by atoms with Crippen LogP contribution in [0.25, 0.3) is 0 Å². The van der Waals surface area contributed by atoms with Crippen molar-refractivity contribution >= 4 is 11.4 Å². The molecule has 106 valence electrons. The van der Waals surface area contributed by atoms with Crippen LogP contribution in [-0.2, 0) is 4.74 Å². The predicted octanol–water partition coefficient (Wildman–Crippen LogP) is 2.89. The minimum atomic E-state index is 0.378. The van der Waals surface area contributed by atoms with Gasteiger partial charge in [-0.1, -0.05) is 6.92 Å². The summed E-state index contributed by atoms with van der Waals surface area (Å²) in [5.41, 5.74) is 7.66. The van der Waals surface area contributed by atoms with Gasteiger partial charge in [-0.3, -0.25) is 0 Å². The Bertz CT molecular complexity index is 403. The zero-order valence-electron chi connectivity index (χ0n) is 11.8. The Morgan fingerprint density at radius 2 is 2.32 bits per heavy atom. The van der Waals surface area contributed by atoms with Crippen LogP contribution < -0.4 is 15.8 Å². The third kappa shape index (κ3) is 4.03. The van der Waals surface area contributed by atoms with Crippen molar-refractivity contribution in [3.05, 3.63) is 18.2 Å². The standard InChI is InChI=1S/C15H24N2O2/c1-3-5-19-15-8-13(16)7-14(9-15)17-11(2)12-4-6-18-10-12/h7-9,11-12,17H,3-6,10,16H2,1-2H3. The van der Waals surface area contributed by atoms with E-state index in [2.05, 4.69) is 19.2 Å². The molecule has 1 aromatic carbocycles. The largest absolute Gasteiger partial charge is 0.493 e. The average molecular weight is 264 g/mol. The van der Waals surface area contributed by atoms with Gasteiger partial charge < -0.3 is 20.5 Å². The molecule has 0 spiro atoms. The molecule has 0 saturated carbocycles. The lowest BCUT2D eigenvalue weighted by molar-refractivity contribution is 0.183. The minimum absolute atomic E-state index is 0.378. The van der Waals surface area contributed by atoms with Gasteiger partial charge in [0.05, 0.1) is 13.2 Å². The Balaban J connectivity index is 2.00. The maximum Gasteiger partial charge on any atom is 0.123 e. The van der Waals surface area contributed by atoms with Gasteiger partial charge in [0.25, 0.3) is 0 Å². The van der Waals surface area contributed by atoms with E-state index < -0.39 is 0 Å². The highest BCUT2D eigenvalue weighted by molar-refractivity contribution is 5.59. The summed E-state index contributed by atoms with van der Waals surface area (Å²) in [6.45, 7) is 6.71. The molecule has 1 aromatic rings. The van der Waals surface area contributed by atoms with Crippen LogP contribution in [-0.4, -0.2) is 25.9 Å². The minimum Gasteiger partial charge on any atom is -0.493 e. The summed E-state index contributed by atoms with van der Waals surface area (Å²) < 4.78 is 11.1. The Morgan fingerprint density at radius 3 is 3.00 bits per heavy atom. The van der Waals surface area contributed by atoms with Crippen molar-refractivity contribution in [1.29, 1.82) is 0 Å². The monoisotopic (exact) mass is 264 g/mol. The fraction of sp³-hybridized carbons (Fsp3) is 0.600. The first-order valence-electron chi connectivity index (χ1n) is 7.06. The van der Waals surface area contributed by atoms with E-state index in [1.54, 1.807) is 0 Å².